The van der Waals surface area contributed by atoms with Gasteiger partial charge in [-0.25, -0.2) is 9.55 Å². The van der Waals surface area contributed by atoms with Crippen LogP contribution >= 0.6 is 31.8 Å². The lowest BCUT2D eigenvalue weighted by molar-refractivity contribution is -0.148. The minimum absolute atomic E-state index is 0.0114. The number of aromatic nitrogens is 1. The Labute approximate surface area is 304 Å². The van der Waals surface area contributed by atoms with E-state index in [1.807, 2.05) is 27.7 Å². The molecule has 4 N–H and O–H groups in total. The molecule has 13 nitrogen and oxygen atoms in total. The van der Waals surface area contributed by atoms with Crippen molar-refractivity contribution in [2.24, 2.45) is 17.8 Å². The zero-order valence-electron chi connectivity index (χ0n) is 30.0. The molecule has 0 bridgehead atoms. The summed E-state index contributed by atoms with van der Waals surface area (Å²) >= 11 is 5.36. The lowest BCUT2D eigenvalue weighted by Crippen LogP contribution is -2.42. The smallest absolute Gasteiger partial charge is 0.455 e. The van der Waals surface area contributed by atoms with E-state index in [2.05, 4.69) is 32.8 Å². The quantitative estimate of drug-likeness (QED) is 0.0483. The Bertz CT molecular complexity index is 1450. The van der Waals surface area contributed by atoms with Crippen LogP contribution in [0.2, 0.25) is 0 Å². The van der Waals surface area contributed by atoms with E-state index in [1.165, 1.54) is 30.4 Å². The first-order valence-corrected chi connectivity index (χ1v) is 19.9. The third-order valence-electron chi connectivity index (χ3n) is 8.36. The van der Waals surface area contributed by atoms with Gasteiger partial charge in [-0.05, 0) is 54.5 Å². The van der Waals surface area contributed by atoms with Gasteiger partial charge in [-0.3, -0.25) is 29.0 Å². The average molecular weight is 757 g/mol. The highest BCUT2D eigenvalue weighted by molar-refractivity contribution is 7.80. The molecule has 16 heteroatoms. The molecule has 0 aliphatic rings. The van der Waals surface area contributed by atoms with Crippen LogP contribution in [-0.4, -0.2) is 74.8 Å². The number of thiol groups is 1. The van der Waals surface area contributed by atoms with E-state index >= 15 is 0 Å². The number of nitrogens with one attached hydrogen (secondary N) is 2. The summed E-state index contributed by atoms with van der Waals surface area (Å²) in [7, 11) is -2.96. The normalized spacial score (nSPS) is 14.6. The highest BCUT2D eigenvalue weighted by Gasteiger charge is 2.31. The molecule has 0 saturated heterocycles. The van der Waals surface area contributed by atoms with Gasteiger partial charge in [0.2, 0.25) is 11.8 Å². The Balaban J connectivity index is 2.30. The second-order valence-electron chi connectivity index (χ2n) is 13.0. The van der Waals surface area contributed by atoms with E-state index in [4.69, 9.17) is 14.5 Å². The molecule has 2 aromatic rings. The highest BCUT2D eigenvalue weighted by Crippen LogP contribution is 2.37. The van der Waals surface area contributed by atoms with E-state index in [0.717, 1.165) is 12.0 Å². The van der Waals surface area contributed by atoms with Crippen LogP contribution in [-0.2, 0) is 30.1 Å². The van der Waals surface area contributed by atoms with E-state index in [-0.39, 0.29) is 41.1 Å². The van der Waals surface area contributed by atoms with Crippen LogP contribution in [0.4, 0.5) is 0 Å². The Morgan fingerprint density at radius 1 is 1.08 bits per heavy atom. The number of phosphoric ester groups is 1. The predicted octanol–water partition coefficient (Wildman–Crippen LogP) is 5.33. The average Bonchev–Trinajstić information content (AvgIpc) is 3.53. The van der Waals surface area contributed by atoms with Gasteiger partial charge in [-0.15, -0.1) is 11.3 Å². The Kier molecular flexibility index (Phi) is 17.9. The van der Waals surface area contributed by atoms with Gasteiger partial charge in [0.25, 0.3) is 5.91 Å². The number of amides is 3. The summed E-state index contributed by atoms with van der Waals surface area (Å²) < 4.78 is 21.5. The van der Waals surface area contributed by atoms with E-state index in [0.29, 0.717) is 49.4 Å². The summed E-state index contributed by atoms with van der Waals surface area (Å²) in [5, 5.41) is 7.88. The fourth-order valence-electron chi connectivity index (χ4n) is 5.37. The predicted molar refractivity (Wildman–Crippen MR) is 196 cm³/mol. The second kappa shape index (κ2) is 20.8. The number of carbonyl (C=O) groups is 4. The monoisotopic (exact) mass is 756 g/mol. The number of rotatable bonds is 21. The SMILES string of the molecule is CC[C@H](C)CC(=O)N(C)[C@H](C[C@@H](OC(C)=O)c1nc(C(=O)N[C@@H](Cc2ccc(OP(=O)(O)O)cc2)CC(C)C(=O)NCCCS)cs1)C(C)C. The summed E-state index contributed by atoms with van der Waals surface area (Å²) in [4.78, 5) is 76.1. The first kappa shape index (κ1) is 43.2. The largest absolute Gasteiger partial charge is 0.524 e. The number of benzene rings is 1. The highest BCUT2D eigenvalue weighted by atomic mass is 32.1. The molecule has 0 saturated carbocycles. The van der Waals surface area contributed by atoms with E-state index in [9.17, 15) is 23.7 Å². The summed E-state index contributed by atoms with van der Waals surface area (Å²) in [6, 6.07) is 5.32. The standard InChI is InChI=1S/C34H53N4O9PS2/c1-8-22(4)16-31(40)38(7)29(21(2)3)19-30(46-24(6)39)34-37-28(20-50-34)33(42)36-26(17-23(5)32(41)35-14-9-15-49)18-25-10-12-27(13-11-25)47-48(43,44)45/h10-13,20-23,26,29-30,49H,8-9,14-19H2,1-7H3,(H,35,41)(H,36,42)(H2,43,44,45)/t22-,23?,26+,29+,30+/m0/s1. The minimum Gasteiger partial charge on any atom is -0.455 e. The third-order valence-corrected chi connectivity index (χ3v) is 10.1. The molecule has 2 rings (SSSR count). The van der Waals surface area contributed by atoms with Crippen LogP contribution in [0.1, 0.15) is 101 Å². The van der Waals surface area contributed by atoms with Gasteiger partial charge < -0.3 is 24.8 Å². The van der Waals surface area contributed by atoms with Crippen molar-refractivity contribution in [3.63, 3.8) is 0 Å². The molecular weight excluding hydrogens is 704 g/mol. The summed E-state index contributed by atoms with van der Waals surface area (Å²) in [5.41, 5.74) is 0.849. The number of carbonyl (C=O) groups excluding carboxylic acids is 4. The van der Waals surface area contributed by atoms with Crippen molar-refractivity contribution in [2.75, 3.05) is 19.3 Å². The zero-order valence-corrected chi connectivity index (χ0v) is 32.6. The molecule has 5 atom stereocenters. The zero-order chi connectivity index (χ0) is 37.6. The van der Waals surface area contributed by atoms with Gasteiger partial charge in [0.05, 0.1) is 0 Å². The van der Waals surface area contributed by atoms with Crippen molar-refractivity contribution in [1.29, 1.82) is 0 Å². The number of hydrogen-bond donors (Lipinski definition) is 5. The summed E-state index contributed by atoms with van der Waals surface area (Å²) in [5.74, 6) is -0.682. The summed E-state index contributed by atoms with van der Waals surface area (Å²) in [6.45, 7) is 11.6. The van der Waals surface area contributed by atoms with E-state index in [1.54, 1.807) is 36.4 Å². The van der Waals surface area contributed by atoms with Crippen molar-refractivity contribution >= 4 is 55.5 Å². The van der Waals surface area contributed by atoms with Crippen LogP contribution in [0.15, 0.2) is 29.6 Å². The molecule has 1 aromatic heterocycles. The molecule has 0 radical (unpaired) electrons. The molecule has 0 aliphatic heterocycles. The molecule has 1 unspecified atom stereocenters. The minimum atomic E-state index is -4.72. The van der Waals surface area contributed by atoms with Crippen molar-refractivity contribution < 1.29 is 42.8 Å². The van der Waals surface area contributed by atoms with Gasteiger partial charge in [-0.1, -0.05) is 53.2 Å². The molecular formula is C34H53N4O9PS2. The van der Waals surface area contributed by atoms with Gasteiger partial charge in [0, 0.05) is 56.7 Å². The van der Waals surface area contributed by atoms with Crippen LogP contribution in [0, 0.1) is 17.8 Å². The molecule has 0 fully saturated rings. The van der Waals surface area contributed by atoms with Gasteiger partial charge in [0.1, 0.15) is 16.5 Å². The van der Waals surface area contributed by atoms with Crippen LogP contribution in [0.25, 0.3) is 0 Å². The molecule has 0 spiro atoms. The van der Waals surface area contributed by atoms with Crippen molar-refractivity contribution in [3.8, 4) is 5.75 Å². The Morgan fingerprint density at radius 3 is 2.30 bits per heavy atom. The second-order valence-corrected chi connectivity index (χ2v) is 15.5. The van der Waals surface area contributed by atoms with Crippen LogP contribution in [0.5, 0.6) is 5.75 Å². The van der Waals surface area contributed by atoms with E-state index < -0.39 is 37.8 Å². The molecule has 0 aliphatic carbocycles. The van der Waals surface area contributed by atoms with Gasteiger partial charge in [0.15, 0.2) is 6.10 Å². The van der Waals surface area contributed by atoms with Crippen molar-refractivity contribution in [2.45, 2.75) is 98.3 Å². The maximum Gasteiger partial charge on any atom is 0.524 e. The lowest BCUT2D eigenvalue weighted by atomic mass is 9.95. The Morgan fingerprint density at radius 2 is 1.74 bits per heavy atom. The van der Waals surface area contributed by atoms with Gasteiger partial charge in [-0.2, -0.15) is 12.6 Å². The van der Waals surface area contributed by atoms with Crippen molar-refractivity contribution in [3.05, 3.63) is 45.9 Å². The first-order chi connectivity index (χ1) is 23.4. The van der Waals surface area contributed by atoms with Crippen molar-refractivity contribution in [1.82, 2.24) is 20.5 Å². The summed E-state index contributed by atoms with van der Waals surface area (Å²) in [6.07, 6.45) is 2.13. The fraction of sp³-hybridized carbons (Fsp3) is 0.618. The molecule has 1 aromatic carbocycles. The molecule has 1 heterocycles. The first-order valence-electron chi connectivity index (χ1n) is 16.9. The molecule has 50 heavy (non-hydrogen) atoms. The number of esters is 1. The number of thiazole rings is 1. The number of hydrogen-bond acceptors (Lipinski definition) is 10. The topological polar surface area (TPSA) is 184 Å². The van der Waals surface area contributed by atoms with Crippen LogP contribution < -0.4 is 15.2 Å². The molecule has 3 amide bonds. The van der Waals surface area contributed by atoms with Gasteiger partial charge >= 0.3 is 13.8 Å². The maximum atomic E-state index is 13.6. The lowest BCUT2D eigenvalue weighted by Gasteiger charge is -2.34. The molecule has 280 valence electrons. The van der Waals surface area contributed by atoms with Crippen LogP contribution in [0.3, 0.4) is 0 Å². The number of phosphoric acid groups is 1. The number of nitrogens with zero attached hydrogens (tertiary/aromatic N) is 2. The maximum absolute atomic E-state index is 13.6. The number of ether oxygens (including phenoxy) is 1. The fourth-order valence-corrected chi connectivity index (χ4v) is 6.76. The third kappa shape index (κ3) is 15.1. The Hall–Kier alpha value is -2.97.